The maximum absolute atomic E-state index is 5.40. The van der Waals surface area contributed by atoms with E-state index in [0.717, 1.165) is 19.6 Å². The molecule has 0 radical (unpaired) electrons. The van der Waals surface area contributed by atoms with E-state index in [2.05, 4.69) is 4.98 Å². The number of hydrogen-bond acceptors (Lipinski definition) is 6. The van der Waals surface area contributed by atoms with E-state index in [4.69, 9.17) is 22.8 Å². The first kappa shape index (κ1) is 14.0. The van der Waals surface area contributed by atoms with Crippen LogP contribution in [0.15, 0.2) is 0 Å². The predicted molar refractivity (Wildman–Crippen MR) is 60.0 cm³/mol. The van der Waals surface area contributed by atoms with Crippen LogP contribution in [0.25, 0.3) is 0 Å². The van der Waals surface area contributed by atoms with Crippen molar-refractivity contribution >= 4 is 8.97 Å². The fraction of sp³-hybridized carbons (Fsp3) is 1.00. The van der Waals surface area contributed by atoms with Gasteiger partial charge in [-0.1, -0.05) is 0 Å². The summed E-state index contributed by atoms with van der Waals surface area (Å²) in [6.07, 6.45) is 1.22. The average molecular weight is 251 g/mol. The number of ether oxygens (including phenoxy) is 2. The Kier molecular flexibility index (Phi) is 6.43. The first-order valence-electron chi connectivity index (χ1n) is 5.36. The number of epoxide rings is 1. The first-order valence-corrected chi connectivity index (χ1v) is 7.08. The van der Waals surface area contributed by atoms with Crippen LogP contribution in [-0.2, 0) is 22.8 Å². The SMILES string of the molecule is CO[Si](NCCCOCC1CO1)(OC)OC. The highest BCUT2D eigenvalue weighted by Gasteiger charge is 2.38. The van der Waals surface area contributed by atoms with Gasteiger partial charge in [0.1, 0.15) is 6.10 Å². The molecule has 1 saturated heterocycles. The molecular formula is C9H21NO5Si. The number of rotatable bonds is 10. The molecule has 1 aliphatic rings. The van der Waals surface area contributed by atoms with Crippen molar-refractivity contribution in [3.8, 4) is 0 Å². The Hall–Kier alpha value is -0.0231. The summed E-state index contributed by atoms with van der Waals surface area (Å²) in [6, 6.07) is 0. The number of nitrogens with one attached hydrogen (secondary N) is 1. The van der Waals surface area contributed by atoms with Gasteiger partial charge in [-0.25, -0.2) is 0 Å². The molecule has 1 heterocycles. The zero-order chi connectivity index (χ0) is 11.9. The van der Waals surface area contributed by atoms with Crippen LogP contribution in [0.3, 0.4) is 0 Å². The molecule has 0 aromatic rings. The molecular weight excluding hydrogens is 230 g/mol. The van der Waals surface area contributed by atoms with E-state index in [1.807, 2.05) is 0 Å². The summed E-state index contributed by atoms with van der Waals surface area (Å²) in [5, 5.41) is 0. The van der Waals surface area contributed by atoms with Gasteiger partial charge in [0.05, 0.1) is 13.2 Å². The second kappa shape index (κ2) is 7.33. The van der Waals surface area contributed by atoms with Gasteiger partial charge in [0, 0.05) is 27.9 Å². The third-order valence-electron chi connectivity index (χ3n) is 2.32. The molecule has 0 aliphatic carbocycles. The predicted octanol–water partition coefficient (Wildman–Crippen LogP) is -0.244. The molecule has 96 valence electrons. The third kappa shape index (κ3) is 4.87. The summed E-state index contributed by atoms with van der Waals surface area (Å²) >= 11 is 0. The normalized spacial score (nSPS) is 20.1. The molecule has 1 fully saturated rings. The Morgan fingerprint density at radius 3 is 2.38 bits per heavy atom. The molecule has 0 saturated carbocycles. The Balaban J connectivity index is 1.98. The first-order chi connectivity index (χ1) is 7.76. The van der Waals surface area contributed by atoms with Gasteiger partial charge in [0.25, 0.3) is 0 Å². The summed E-state index contributed by atoms with van der Waals surface area (Å²) in [5.41, 5.74) is 0. The molecule has 1 unspecified atom stereocenters. The van der Waals surface area contributed by atoms with Gasteiger partial charge in [-0.15, -0.1) is 0 Å². The van der Waals surface area contributed by atoms with Crippen molar-refractivity contribution in [2.75, 3.05) is 47.7 Å². The Labute approximate surface area is 97.6 Å². The molecule has 6 nitrogen and oxygen atoms in total. The van der Waals surface area contributed by atoms with Gasteiger partial charge in [0.2, 0.25) is 0 Å². The van der Waals surface area contributed by atoms with Crippen LogP contribution < -0.4 is 4.98 Å². The van der Waals surface area contributed by atoms with Gasteiger partial charge >= 0.3 is 8.97 Å². The fourth-order valence-electron chi connectivity index (χ4n) is 1.26. The minimum absolute atomic E-state index is 0.332. The average Bonchev–Trinajstić information content (AvgIpc) is 3.13. The van der Waals surface area contributed by atoms with E-state index in [-0.39, 0.29) is 0 Å². The third-order valence-corrected chi connectivity index (χ3v) is 4.61. The Morgan fingerprint density at radius 1 is 1.25 bits per heavy atom. The van der Waals surface area contributed by atoms with Crippen molar-refractivity contribution in [1.29, 1.82) is 0 Å². The van der Waals surface area contributed by atoms with Crippen molar-refractivity contribution in [3.63, 3.8) is 0 Å². The molecule has 1 rings (SSSR count). The van der Waals surface area contributed by atoms with Crippen LogP contribution in [-0.4, -0.2) is 62.8 Å². The molecule has 0 amide bonds. The monoisotopic (exact) mass is 251 g/mol. The highest BCUT2D eigenvalue weighted by atomic mass is 28.4. The van der Waals surface area contributed by atoms with Gasteiger partial charge in [-0.2, -0.15) is 0 Å². The van der Waals surface area contributed by atoms with Crippen LogP contribution in [0.4, 0.5) is 0 Å². The summed E-state index contributed by atoms with van der Waals surface area (Å²) in [5.74, 6) is 0. The summed E-state index contributed by atoms with van der Waals surface area (Å²) in [7, 11) is 2.11. The van der Waals surface area contributed by atoms with E-state index < -0.39 is 8.97 Å². The van der Waals surface area contributed by atoms with E-state index in [1.54, 1.807) is 21.3 Å². The van der Waals surface area contributed by atoms with Crippen LogP contribution in [0.5, 0.6) is 0 Å². The molecule has 0 aromatic heterocycles. The Bertz CT molecular complexity index is 178. The summed E-state index contributed by atoms with van der Waals surface area (Å²) < 4.78 is 26.1. The lowest BCUT2D eigenvalue weighted by Gasteiger charge is -2.24. The van der Waals surface area contributed by atoms with Gasteiger partial charge < -0.3 is 22.8 Å². The molecule has 16 heavy (non-hydrogen) atoms. The van der Waals surface area contributed by atoms with Crippen LogP contribution in [0.1, 0.15) is 6.42 Å². The summed E-state index contributed by atoms with van der Waals surface area (Å²) in [4.78, 5) is 3.15. The van der Waals surface area contributed by atoms with Crippen molar-refractivity contribution in [2.45, 2.75) is 12.5 Å². The van der Waals surface area contributed by atoms with Crippen molar-refractivity contribution in [2.24, 2.45) is 0 Å². The van der Waals surface area contributed by atoms with E-state index >= 15 is 0 Å². The molecule has 1 aliphatic heterocycles. The van der Waals surface area contributed by atoms with Crippen molar-refractivity contribution in [1.82, 2.24) is 4.98 Å². The number of hydrogen-bond donors (Lipinski definition) is 1. The lowest BCUT2D eigenvalue weighted by molar-refractivity contribution is 0.100. The maximum atomic E-state index is 5.40. The van der Waals surface area contributed by atoms with E-state index in [9.17, 15) is 0 Å². The minimum Gasteiger partial charge on any atom is -0.379 e. The smallest absolute Gasteiger partial charge is 0.379 e. The van der Waals surface area contributed by atoms with Gasteiger partial charge in [-0.05, 0) is 13.0 Å². The molecule has 0 spiro atoms. The van der Waals surface area contributed by atoms with Gasteiger partial charge in [-0.3, -0.25) is 4.98 Å². The molecule has 1 atom stereocenters. The topological polar surface area (TPSA) is 61.5 Å². The Morgan fingerprint density at radius 2 is 1.88 bits per heavy atom. The summed E-state index contributed by atoms with van der Waals surface area (Å²) in [6.45, 7) is 2.98. The standard InChI is InChI=1S/C9H21NO5Si/c1-11-16(12-2,13-3)10-5-4-6-14-7-9-8-15-9/h9-10H,4-8H2,1-3H3. The second-order valence-electron chi connectivity index (χ2n) is 3.48. The zero-order valence-corrected chi connectivity index (χ0v) is 11.2. The van der Waals surface area contributed by atoms with Gasteiger partial charge in [0.15, 0.2) is 0 Å². The van der Waals surface area contributed by atoms with Crippen LogP contribution in [0, 0.1) is 0 Å². The maximum Gasteiger partial charge on any atom is 0.595 e. The minimum atomic E-state index is -2.62. The molecule has 7 heteroatoms. The largest absolute Gasteiger partial charge is 0.595 e. The van der Waals surface area contributed by atoms with Crippen molar-refractivity contribution in [3.05, 3.63) is 0 Å². The van der Waals surface area contributed by atoms with Crippen molar-refractivity contribution < 1.29 is 22.8 Å². The molecule has 0 aromatic carbocycles. The lowest BCUT2D eigenvalue weighted by atomic mass is 10.4. The molecule has 1 N–H and O–H groups in total. The fourth-order valence-corrected chi connectivity index (χ4v) is 2.68. The quantitative estimate of drug-likeness (QED) is 0.328. The highest BCUT2D eigenvalue weighted by Crippen LogP contribution is 2.08. The zero-order valence-electron chi connectivity index (χ0n) is 10.2. The second-order valence-corrected chi connectivity index (χ2v) is 6.17. The van der Waals surface area contributed by atoms with E-state index in [0.29, 0.717) is 19.3 Å². The molecule has 0 bridgehead atoms. The van der Waals surface area contributed by atoms with E-state index in [1.165, 1.54) is 0 Å². The highest BCUT2D eigenvalue weighted by molar-refractivity contribution is 6.57. The van der Waals surface area contributed by atoms with Crippen LogP contribution >= 0.6 is 0 Å². The van der Waals surface area contributed by atoms with Crippen LogP contribution in [0.2, 0.25) is 0 Å². The lowest BCUT2D eigenvalue weighted by Crippen LogP contribution is -2.57.